The summed E-state index contributed by atoms with van der Waals surface area (Å²) in [5, 5.41) is 0.389. The number of alkyl halides is 2. The topological polar surface area (TPSA) is 51.4 Å². The normalized spacial score (nSPS) is 24.9. The van der Waals surface area contributed by atoms with Crippen molar-refractivity contribution >= 4 is 11.3 Å². The molecule has 148 valence electrons. The number of halogens is 2. The van der Waals surface area contributed by atoms with Crippen molar-refractivity contribution < 1.29 is 13.5 Å². The van der Waals surface area contributed by atoms with E-state index in [0.717, 1.165) is 51.0 Å². The van der Waals surface area contributed by atoms with E-state index in [0.29, 0.717) is 11.2 Å². The molecule has 2 N–H and O–H groups in total. The summed E-state index contributed by atoms with van der Waals surface area (Å²) < 4.78 is 31.0. The predicted molar refractivity (Wildman–Crippen MR) is 101 cm³/mol. The van der Waals surface area contributed by atoms with Crippen LogP contribution < -0.4 is 10.5 Å². The molecule has 1 fully saturated rings. The van der Waals surface area contributed by atoms with Gasteiger partial charge in [0.2, 0.25) is 0 Å². The molecule has 26 heavy (non-hydrogen) atoms. The van der Waals surface area contributed by atoms with E-state index in [-0.39, 0.29) is 0 Å². The van der Waals surface area contributed by atoms with Gasteiger partial charge >= 0.3 is 0 Å². The van der Waals surface area contributed by atoms with E-state index in [9.17, 15) is 8.78 Å². The first-order chi connectivity index (χ1) is 12.4. The third-order valence-corrected chi connectivity index (χ3v) is 6.58. The highest BCUT2D eigenvalue weighted by atomic mass is 32.1. The number of nitrogens with two attached hydrogens (primary N) is 1. The smallest absolute Gasteiger partial charge is 0.278 e. The highest BCUT2D eigenvalue weighted by Gasteiger charge is 2.25. The molecule has 2 heterocycles. The minimum Gasteiger partial charge on any atom is -0.464 e. The molecule has 0 amide bonds. The van der Waals surface area contributed by atoms with Crippen LogP contribution in [-0.4, -0.2) is 48.1 Å². The molecule has 0 saturated heterocycles. The van der Waals surface area contributed by atoms with Crippen molar-refractivity contribution in [3.05, 3.63) is 10.6 Å². The molecular formula is C19H31F2N3OS. The van der Waals surface area contributed by atoms with Gasteiger partial charge in [0.15, 0.2) is 6.61 Å². The maximum atomic E-state index is 12.9. The summed E-state index contributed by atoms with van der Waals surface area (Å²) in [7, 11) is 0. The van der Waals surface area contributed by atoms with Gasteiger partial charge in [-0.2, -0.15) is 0 Å². The van der Waals surface area contributed by atoms with Crippen LogP contribution in [0.1, 0.15) is 56.0 Å². The molecule has 1 saturated carbocycles. The first kappa shape index (κ1) is 20.0. The van der Waals surface area contributed by atoms with Gasteiger partial charge in [0.25, 0.3) is 11.1 Å². The second-order valence-electron chi connectivity index (χ2n) is 7.97. The van der Waals surface area contributed by atoms with Gasteiger partial charge in [0.1, 0.15) is 0 Å². The lowest BCUT2D eigenvalue weighted by Crippen LogP contribution is -2.29. The summed E-state index contributed by atoms with van der Waals surface area (Å²) in [6.45, 7) is 3.43. The molecule has 0 unspecified atom stereocenters. The van der Waals surface area contributed by atoms with E-state index >= 15 is 0 Å². The van der Waals surface area contributed by atoms with Crippen LogP contribution in [0.15, 0.2) is 0 Å². The lowest BCUT2D eigenvalue weighted by atomic mass is 9.84. The number of hydrogen-bond donors (Lipinski definition) is 1. The second-order valence-corrected chi connectivity index (χ2v) is 9.02. The molecule has 0 aromatic carbocycles. The maximum Gasteiger partial charge on any atom is 0.278 e. The summed E-state index contributed by atoms with van der Waals surface area (Å²) in [4.78, 5) is 8.15. The highest BCUT2D eigenvalue weighted by Crippen LogP contribution is 2.30. The van der Waals surface area contributed by atoms with Crippen LogP contribution in [0.2, 0.25) is 0 Å². The minimum absolute atomic E-state index is 0.389. The minimum atomic E-state index is -2.82. The van der Waals surface area contributed by atoms with Crippen LogP contribution in [0, 0.1) is 5.92 Å². The number of thiazole rings is 1. The van der Waals surface area contributed by atoms with Crippen LogP contribution in [0.4, 0.5) is 8.78 Å². The third-order valence-electron chi connectivity index (χ3n) is 5.51. The first-order valence-corrected chi connectivity index (χ1v) is 10.7. The molecule has 7 heteroatoms. The Morgan fingerprint density at radius 1 is 1.23 bits per heavy atom. The van der Waals surface area contributed by atoms with Gasteiger partial charge in [-0.15, -0.1) is 0 Å². The fourth-order valence-electron chi connectivity index (χ4n) is 3.94. The Morgan fingerprint density at radius 2 is 1.96 bits per heavy atom. The average molecular weight is 388 g/mol. The summed E-state index contributed by atoms with van der Waals surface area (Å²) in [6, 6.07) is 0.431. The molecule has 1 aromatic heterocycles. The molecule has 0 radical (unpaired) electrons. The van der Waals surface area contributed by atoms with Crippen molar-refractivity contribution in [3.8, 4) is 5.19 Å². The molecule has 1 aromatic rings. The summed E-state index contributed by atoms with van der Waals surface area (Å²) in [5.74, 6) is -1.95. The van der Waals surface area contributed by atoms with E-state index in [1.165, 1.54) is 54.7 Å². The van der Waals surface area contributed by atoms with Crippen LogP contribution in [0.3, 0.4) is 0 Å². The average Bonchev–Trinajstić information content (AvgIpc) is 2.89. The molecule has 0 atom stereocenters. The number of rotatable bonds is 7. The van der Waals surface area contributed by atoms with Crippen molar-refractivity contribution in [3.63, 3.8) is 0 Å². The maximum absolute atomic E-state index is 12.9. The van der Waals surface area contributed by atoms with E-state index in [1.54, 1.807) is 0 Å². The van der Waals surface area contributed by atoms with E-state index in [2.05, 4.69) is 9.88 Å². The van der Waals surface area contributed by atoms with Gasteiger partial charge in [0.05, 0.1) is 5.69 Å². The van der Waals surface area contributed by atoms with Crippen LogP contribution >= 0.6 is 11.3 Å². The molecular weight excluding hydrogens is 356 g/mol. The summed E-state index contributed by atoms with van der Waals surface area (Å²) >= 11 is 1.43. The van der Waals surface area contributed by atoms with Crippen molar-refractivity contribution in [2.75, 3.05) is 26.2 Å². The fourth-order valence-corrected chi connectivity index (χ4v) is 4.88. The number of aromatic nitrogens is 1. The van der Waals surface area contributed by atoms with Gasteiger partial charge in [-0.25, -0.2) is 13.8 Å². The number of hydrogen-bond acceptors (Lipinski definition) is 5. The first-order valence-electron chi connectivity index (χ1n) is 9.86. The molecule has 4 nitrogen and oxygen atoms in total. The summed E-state index contributed by atoms with van der Waals surface area (Å²) in [5.41, 5.74) is 7.02. The zero-order valence-electron chi connectivity index (χ0n) is 15.7. The van der Waals surface area contributed by atoms with Crippen LogP contribution in [-0.2, 0) is 12.8 Å². The molecule has 2 aliphatic rings. The lowest BCUT2D eigenvalue weighted by Gasteiger charge is -2.27. The molecule has 0 bridgehead atoms. The molecule has 1 aliphatic heterocycles. The second kappa shape index (κ2) is 8.93. The lowest BCUT2D eigenvalue weighted by molar-refractivity contribution is -0.0230. The molecule has 0 spiro atoms. The molecule has 3 rings (SSSR count). The van der Waals surface area contributed by atoms with Gasteiger partial charge in [-0.1, -0.05) is 11.3 Å². The largest absolute Gasteiger partial charge is 0.464 e. The van der Waals surface area contributed by atoms with Gasteiger partial charge in [-0.05, 0) is 57.4 Å². The zero-order valence-corrected chi connectivity index (χ0v) is 16.5. The predicted octanol–water partition coefficient (Wildman–Crippen LogP) is 3.88. The van der Waals surface area contributed by atoms with E-state index < -0.39 is 12.5 Å². The monoisotopic (exact) mass is 387 g/mol. The third kappa shape index (κ3) is 6.13. The Bertz CT molecular complexity index is 542. The Balaban J connectivity index is 1.39. The Morgan fingerprint density at radius 3 is 2.69 bits per heavy atom. The summed E-state index contributed by atoms with van der Waals surface area (Å²) in [6.07, 6.45) is 9.35. The molecule has 1 aliphatic carbocycles. The number of nitrogens with zero attached hydrogens (tertiary/aromatic N) is 2. The van der Waals surface area contributed by atoms with Crippen molar-refractivity contribution in [2.45, 2.75) is 70.3 Å². The zero-order chi connectivity index (χ0) is 18.6. The van der Waals surface area contributed by atoms with Crippen LogP contribution in [0.25, 0.3) is 0 Å². The van der Waals surface area contributed by atoms with E-state index in [1.807, 2.05) is 0 Å². The van der Waals surface area contributed by atoms with Crippen LogP contribution in [0.5, 0.6) is 5.19 Å². The Kier molecular flexibility index (Phi) is 6.86. The van der Waals surface area contributed by atoms with Gasteiger partial charge in [0, 0.05) is 37.4 Å². The van der Waals surface area contributed by atoms with E-state index in [4.69, 9.17) is 10.5 Å². The Hall–Kier alpha value is -0.790. The van der Waals surface area contributed by atoms with Gasteiger partial charge < -0.3 is 15.4 Å². The SMILES string of the molecule is CC(F)(F)COc1nc2c(s1)CCN(CCC[C@H]1CC[C@H](N)CC1)CC2. The number of fused-ring (bicyclic) bond motifs is 1. The van der Waals surface area contributed by atoms with Crippen molar-refractivity contribution in [1.82, 2.24) is 9.88 Å². The number of ether oxygens (including phenoxy) is 1. The van der Waals surface area contributed by atoms with Crippen molar-refractivity contribution in [1.29, 1.82) is 0 Å². The quantitative estimate of drug-likeness (QED) is 0.771. The fraction of sp³-hybridized carbons (Fsp3) is 0.842. The standard InChI is InChI=1S/C19H31F2N3OS/c1-19(20,21)13-25-18-23-16-8-11-24(12-9-17(16)26-18)10-2-3-14-4-6-15(22)7-5-14/h14-15H,2-13,22H2,1H3/t14-,15-. The Labute approximate surface area is 159 Å². The van der Waals surface area contributed by atoms with Gasteiger partial charge in [-0.3, -0.25) is 0 Å². The highest BCUT2D eigenvalue weighted by molar-refractivity contribution is 7.13. The van der Waals surface area contributed by atoms with Crippen molar-refractivity contribution in [2.24, 2.45) is 11.7 Å².